The van der Waals surface area contributed by atoms with Gasteiger partial charge in [0, 0.05) is 25.5 Å². The fourth-order valence-corrected chi connectivity index (χ4v) is 1.80. The summed E-state index contributed by atoms with van der Waals surface area (Å²) in [7, 11) is 0. The van der Waals surface area contributed by atoms with Gasteiger partial charge in [-0.3, -0.25) is 0 Å². The highest BCUT2D eigenvalue weighted by molar-refractivity contribution is 5.67. The van der Waals surface area contributed by atoms with Gasteiger partial charge in [-0.2, -0.15) is 5.10 Å². The largest absolute Gasteiger partial charge is 0.396 e. The highest BCUT2D eigenvalue weighted by Crippen LogP contribution is 2.19. The maximum atomic E-state index is 8.74. The number of hydrogen-bond donors (Lipinski definition) is 2. The van der Waals surface area contributed by atoms with Gasteiger partial charge in [-0.05, 0) is 24.8 Å². The van der Waals surface area contributed by atoms with Crippen LogP contribution in [0.5, 0.6) is 0 Å². The van der Waals surface area contributed by atoms with Crippen molar-refractivity contribution in [2.24, 2.45) is 0 Å². The Morgan fingerprint density at radius 3 is 2.94 bits per heavy atom. The molecule has 0 saturated heterocycles. The van der Waals surface area contributed by atoms with Crippen molar-refractivity contribution in [2.45, 2.75) is 32.6 Å². The molecule has 0 aromatic carbocycles. The van der Waals surface area contributed by atoms with E-state index < -0.39 is 0 Å². The van der Waals surface area contributed by atoms with Crippen LogP contribution in [0.25, 0.3) is 5.52 Å². The number of aromatic nitrogens is 3. The molecule has 2 aromatic heterocycles. The van der Waals surface area contributed by atoms with Gasteiger partial charge in [0.25, 0.3) is 0 Å². The molecule has 18 heavy (non-hydrogen) atoms. The van der Waals surface area contributed by atoms with E-state index in [0.29, 0.717) is 5.92 Å². The van der Waals surface area contributed by atoms with Gasteiger partial charge in [0.05, 0.1) is 5.69 Å². The lowest BCUT2D eigenvalue weighted by Gasteiger charge is -2.05. The Morgan fingerprint density at radius 2 is 2.22 bits per heavy atom. The minimum atomic E-state index is 0.240. The molecule has 0 atom stereocenters. The van der Waals surface area contributed by atoms with E-state index >= 15 is 0 Å². The summed E-state index contributed by atoms with van der Waals surface area (Å²) in [6.07, 6.45) is 5.36. The van der Waals surface area contributed by atoms with E-state index in [2.05, 4.69) is 35.3 Å². The van der Waals surface area contributed by atoms with Gasteiger partial charge < -0.3 is 10.4 Å². The fourth-order valence-electron chi connectivity index (χ4n) is 1.80. The van der Waals surface area contributed by atoms with Crippen LogP contribution in [0.1, 0.15) is 38.3 Å². The van der Waals surface area contributed by atoms with Crippen LogP contribution in [-0.2, 0) is 0 Å². The van der Waals surface area contributed by atoms with Crippen LogP contribution in [0.15, 0.2) is 18.5 Å². The molecule has 0 aliphatic heterocycles. The zero-order chi connectivity index (χ0) is 13.0. The summed E-state index contributed by atoms with van der Waals surface area (Å²) in [5.41, 5.74) is 2.08. The van der Waals surface area contributed by atoms with Gasteiger partial charge in [-0.25, -0.2) is 9.50 Å². The van der Waals surface area contributed by atoms with Crippen LogP contribution in [0.4, 0.5) is 5.82 Å². The van der Waals surface area contributed by atoms with Crippen LogP contribution in [0.3, 0.4) is 0 Å². The SMILES string of the molecule is CC(C)c1cc2c(NCCCCO)nccn2n1. The number of rotatable bonds is 6. The maximum Gasteiger partial charge on any atom is 0.152 e. The zero-order valence-electron chi connectivity index (χ0n) is 10.9. The molecule has 2 N–H and O–H groups in total. The van der Waals surface area contributed by atoms with Crippen LogP contribution in [-0.4, -0.2) is 32.9 Å². The molecule has 5 nitrogen and oxygen atoms in total. The van der Waals surface area contributed by atoms with Crippen molar-refractivity contribution < 1.29 is 5.11 Å². The minimum Gasteiger partial charge on any atom is -0.396 e. The lowest BCUT2D eigenvalue weighted by Crippen LogP contribution is -2.05. The predicted octanol–water partition coefficient (Wildman–Crippen LogP) is 2.04. The first-order valence-electron chi connectivity index (χ1n) is 6.41. The summed E-state index contributed by atoms with van der Waals surface area (Å²) in [4.78, 5) is 4.34. The number of fused-ring (bicyclic) bond motifs is 1. The maximum absolute atomic E-state index is 8.74. The van der Waals surface area contributed by atoms with E-state index in [4.69, 9.17) is 5.11 Å². The first-order chi connectivity index (χ1) is 8.72. The second-order valence-electron chi connectivity index (χ2n) is 4.69. The Kier molecular flexibility index (Phi) is 4.15. The average Bonchev–Trinajstić information content (AvgIpc) is 2.79. The smallest absolute Gasteiger partial charge is 0.152 e. The van der Waals surface area contributed by atoms with E-state index in [1.54, 1.807) is 6.20 Å². The van der Waals surface area contributed by atoms with Gasteiger partial charge in [-0.1, -0.05) is 13.8 Å². The highest BCUT2D eigenvalue weighted by atomic mass is 16.2. The lowest BCUT2D eigenvalue weighted by atomic mass is 10.1. The van der Waals surface area contributed by atoms with Crippen molar-refractivity contribution in [3.8, 4) is 0 Å². The van der Waals surface area contributed by atoms with Gasteiger partial charge in [0.1, 0.15) is 5.52 Å². The molecule has 0 bridgehead atoms. The standard InChI is InChI=1S/C13H20N4O/c1-10(2)11-9-12-13(14-5-3-4-8-18)15-6-7-17(12)16-11/h6-7,9-10,18H,3-5,8H2,1-2H3,(H,14,15). The first-order valence-corrected chi connectivity index (χ1v) is 6.41. The van der Waals surface area contributed by atoms with Crippen LogP contribution in [0.2, 0.25) is 0 Å². The van der Waals surface area contributed by atoms with Crippen molar-refractivity contribution in [1.29, 1.82) is 0 Å². The molecule has 0 aliphatic carbocycles. The number of anilines is 1. The van der Waals surface area contributed by atoms with E-state index in [-0.39, 0.29) is 6.61 Å². The molecule has 0 fully saturated rings. The fraction of sp³-hybridized carbons (Fsp3) is 0.538. The molecule has 0 saturated carbocycles. The molecule has 98 valence electrons. The summed E-state index contributed by atoms with van der Waals surface area (Å²) in [5, 5.41) is 16.5. The molecule has 2 rings (SSSR count). The van der Waals surface area contributed by atoms with Gasteiger partial charge >= 0.3 is 0 Å². The van der Waals surface area contributed by atoms with Crippen molar-refractivity contribution in [2.75, 3.05) is 18.5 Å². The van der Waals surface area contributed by atoms with Gasteiger partial charge in [0.2, 0.25) is 0 Å². The Labute approximate surface area is 107 Å². The Balaban J connectivity index is 2.16. The second-order valence-corrected chi connectivity index (χ2v) is 4.69. The number of aliphatic hydroxyl groups excluding tert-OH is 1. The third-order valence-corrected chi connectivity index (χ3v) is 2.88. The Hall–Kier alpha value is -1.62. The van der Waals surface area contributed by atoms with E-state index in [1.807, 2.05) is 10.7 Å². The van der Waals surface area contributed by atoms with Gasteiger partial charge in [0.15, 0.2) is 5.82 Å². The van der Waals surface area contributed by atoms with E-state index in [9.17, 15) is 0 Å². The molecule has 0 radical (unpaired) electrons. The van der Waals surface area contributed by atoms with Crippen LogP contribution < -0.4 is 5.32 Å². The van der Waals surface area contributed by atoms with Crippen molar-refractivity contribution in [3.63, 3.8) is 0 Å². The quantitative estimate of drug-likeness (QED) is 0.768. The molecule has 0 spiro atoms. The van der Waals surface area contributed by atoms with Crippen molar-refractivity contribution >= 4 is 11.3 Å². The molecule has 0 unspecified atom stereocenters. The molecule has 2 heterocycles. The number of aliphatic hydroxyl groups is 1. The third-order valence-electron chi connectivity index (χ3n) is 2.88. The monoisotopic (exact) mass is 248 g/mol. The molecule has 0 amide bonds. The predicted molar refractivity (Wildman–Crippen MR) is 71.9 cm³/mol. The van der Waals surface area contributed by atoms with Crippen molar-refractivity contribution in [3.05, 3.63) is 24.2 Å². The number of nitrogens with zero attached hydrogens (tertiary/aromatic N) is 3. The first kappa shape index (κ1) is 12.8. The molecule has 5 heteroatoms. The lowest BCUT2D eigenvalue weighted by molar-refractivity contribution is 0.286. The molecular weight excluding hydrogens is 228 g/mol. The van der Waals surface area contributed by atoms with Crippen LogP contribution in [0, 0.1) is 0 Å². The molecular formula is C13H20N4O. The second kappa shape index (κ2) is 5.82. The number of nitrogens with one attached hydrogen (secondary N) is 1. The zero-order valence-corrected chi connectivity index (χ0v) is 10.9. The van der Waals surface area contributed by atoms with Gasteiger partial charge in [-0.15, -0.1) is 0 Å². The van der Waals surface area contributed by atoms with E-state index in [0.717, 1.165) is 36.4 Å². The van der Waals surface area contributed by atoms with Crippen LogP contribution >= 0.6 is 0 Å². The normalized spacial score (nSPS) is 11.3. The summed E-state index contributed by atoms with van der Waals surface area (Å²) in [5.74, 6) is 1.27. The molecule has 0 aliphatic rings. The summed E-state index contributed by atoms with van der Waals surface area (Å²) < 4.78 is 1.86. The van der Waals surface area contributed by atoms with E-state index in [1.165, 1.54) is 0 Å². The Morgan fingerprint density at radius 1 is 1.39 bits per heavy atom. The third kappa shape index (κ3) is 2.79. The number of unbranched alkanes of at least 4 members (excludes halogenated alkanes) is 1. The Bertz CT molecular complexity index is 507. The van der Waals surface area contributed by atoms with Crippen molar-refractivity contribution in [1.82, 2.24) is 14.6 Å². The summed E-state index contributed by atoms with van der Waals surface area (Å²) >= 11 is 0. The summed E-state index contributed by atoms with van der Waals surface area (Å²) in [6.45, 7) is 5.31. The molecule has 2 aromatic rings. The minimum absolute atomic E-state index is 0.240. The summed E-state index contributed by atoms with van der Waals surface area (Å²) in [6, 6.07) is 2.08. The highest BCUT2D eigenvalue weighted by Gasteiger charge is 2.09. The topological polar surface area (TPSA) is 62.5 Å². The average molecular weight is 248 g/mol. The number of hydrogen-bond acceptors (Lipinski definition) is 4.